The number of piperazine rings is 1. The second-order valence-electron chi connectivity index (χ2n) is 7.67. The van der Waals surface area contributed by atoms with Crippen LogP contribution in [0.25, 0.3) is 16.8 Å². The average molecular weight is 424 g/mol. The van der Waals surface area contributed by atoms with Gasteiger partial charge in [-0.15, -0.1) is 12.4 Å². The molecule has 1 amide bonds. The summed E-state index contributed by atoms with van der Waals surface area (Å²) in [5, 5.41) is 3.73. The second kappa shape index (κ2) is 8.54. The summed E-state index contributed by atoms with van der Waals surface area (Å²) in [6, 6.07) is 18.1. The molecule has 30 heavy (non-hydrogen) atoms. The van der Waals surface area contributed by atoms with Crippen LogP contribution >= 0.6 is 12.4 Å². The van der Waals surface area contributed by atoms with Crippen LogP contribution in [0.1, 0.15) is 5.56 Å². The lowest BCUT2D eigenvalue weighted by atomic mass is 10.1. The maximum Gasteiger partial charge on any atom is 0.270 e. The topological polar surface area (TPSA) is 35.9 Å². The largest absolute Gasteiger partial charge is 0.368 e. The molecule has 0 bridgehead atoms. The van der Waals surface area contributed by atoms with Crippen molar-refractivity contribution in [3.63, 3.8) is 0 Å². The fourth-order valence-corrected chi connectivity index (χ4v) is 4.29. The van der Waals surface area contributed by atoms with Crippen LogP contribution in [0.2, 0.25) is 0 Å². The summed E-state index contributed by atoms with van der Waals surface area (Å²) in [5.74, 6) is -0.578. The molecule has 0 aliphatic carbocycles. The van der Waals surface area contributed by atoms with Gasteiger partial charge in [0.25, 0.3) is 5.91 Å². The highest BCUT2D eigenvalue weighted by Gasteiger charge is 2.19. The van der Waals surface area contributed by atoms with Gasteiger partial charge in [-0.05, 0) is 29.5 Å². The molecule has 3 aromatic carbocycles. The van der Waals surface area contributed by atoms with Crippen LogP contribution in [0, 0.1) is 5.82 Å². The highest BCUT2D eigenvalue weighted by molar-refractivity contribution is 6.06. The van der Waals surface area contributed by atoms with E-state index in [4.69, 9.17) is 0 Å². The van der Waals surface area contributed by atoms with Crippen molar-refractivity contribution in [3.8, 4) is 0 Å². The standard InChI is InChI=1S/C24H22FN3O.ClH/c25-21-16-22-19(15-24(29)26-22)14-18(21)8-9-27-10-12-28(13-11-27)23-7-3-5-17-4-1-2-6-20(17)23;/h1-7,14-16H,8-13H2;1H. The predicted octanol–water partition coefficient (Wildman–Crippen LogP) is 2.71. The minimum atomic E-state index is -0.305. The second-order valence-corrected chi connectivity index (χ2v) is 7.67. The van der Waals surface area contributed by atoms with Gasteiger partial charge in [-0.2, -0.15) is 0 Å². The Hall–Kier alpha value is -2.76. The predicted molar refractivity (Wildman–Crippen MR) is 120 cm³/mol. The first-order chi connectivity index (χ1) is 14.2. The molecule has 1 saturated heterocycles. The zero-order valence-electron chi connectivity index (χ0n) is 16.6. The zero-order chi connectivity index (χ0) is 19.8. The van der Waals surface area contributed by atoms with Gasteiger partial charge in [0, 0.05) is 61.2 Å². The van der Waals surface area contributed by atoms with Gasteiger partial charge in [-0.25, -0.2) is 9.38 Å². The first-order valence-corrected chi connectivity index (χ1v) is 10.1. The van der Waals surface area contributed by atoms with Gasteiger partial charge in [-0.1, -0.05) is 36.4 Å². The van der Waals surface area contributed by atoms with Crippen LogP contribution < -0.4 is 15.5 Å². The number of carbonyl (C=O) groups excluding carboxylic acids is 1. The number of fused-ring (bicyclic) bond motifs is 2. The van der Waals surface area contributed by atoms with Crippen molar-refractivity contribution in [3.05, 3.63) is 76.6 Å². The molecule has 0 saturated carbocycles. The molecular weight excluding hydrogens is 401 g/mol. The van der Waals surface area contributed by atoms with Crippen LogP contribution in [0.15, 0.2) is 59.6 Å². The molecule has 0 radical (unpaired) electrons. The Morgan fingerprint density at radius 1 is 0.967 bits per heavy atom. The summed E-state index contributed by atoms with van der Waals surface area (Å²) in [7, 11) is 0. The molecule has 2 aliphatic rings. The van der Waals surface area contributed by atoms with Crippen molar-refractivity contribution in [1.82, 2.24) is 4.90 Å². The minimum Gasteiger partial charge on any atom is -0.368 e. The number of anilines is 1. The molecule has 2 aliphatic heterocycles. The molecule has 0 aromatic heterocycles. The molecule has 4 nitrogen and oxygen atoms in total. The summed E-state index contributed by atoms with van der Waals surface area (Å²) in [6.45, 7) is 4.64. The molecule has 3 aromatic rings. The van der Waals surface area contributed by atoms with Gasteiger partial charge in [0.15, 0.2) is 0 Å². The van der Waals surface area contributed by atoms with Gasteiger partial charge in [0.2, 0.25) is 0 Å². The van der Waals surface area contributed by atoms with Crippen LogP contribution in [-0.4, -0.2) is 43.5 Å². The minimum absolute atomic E-state index is 0. The molecule has 1 fully saturated rings. The Morgan fingerprint density at radius 3 is 2.57 bits per heavy atom. The van der Waals surface area contributed by atoms with Crippen molar-refractivity contribution in [2.24, 2.45) is 4.99 Å². The number of amides is 1. The fraction of sp³-hybridized carbons (Fsp3) is 0.250. The van der Waals surface area contributed by atoms with Gasteiger partial charge in [0.05, 0.1) is 5.36 Å². The summed E-state index contributed by atoms with van der Waals surface area (Å²) in [6.07, 6.45) is 2.11. The van der Waals surface area contributed by atoms with Gasteiger partial charge in [0.1, 0.15) is 5.82 Å². The van der Waals surface area contributed by atoms with E-state index in [0.29, 0.717) is 17.3 Å². The van der Waals surface area contributed by atoms with Crippen molar-refractivity contribution in [2.75, 3.05) is 37.6 Å². The third-order valence-corrected chi connectivity index (χ3v) is 5.88. The highest BCUT2D eigenvalue weighted by Crippen LogP contribution is 2.27. The van der Waals surface area contributed by atoms with Gasteiger partial charge < -0.3 is 4.90 Å². The summed E-state index contributed by atoms with van der Waals surface area (Å²) >= 11 is 0. The molecule has 0 N–H and O–H groups in total. The SMILES string of the molecule is Cl.O=C1C=c2cc(CCN3CCN(c4cccc5ccccc45)CC3)c(F)cc2=N1. The van der Waals surface area contributed by atoms with E-state index in [9.17, 15) is 9.18 Å². The molecule has 2 heterocycles. The maximum absolute atomic E-state index is 14.3. The number of hydrogen-bond donors (Lipinski definition) is 0. The van der Waals surface area contributed by atoms with E-state index in [1.165, 1.54) is 28.6 Å². The van der Waals surface area contributed by atoms with Crippen LogP contribution in [0.5, 0.6) is 0 Å². The van der Waals surface area contributed by atoms with Crippen molar-refractivity contribution in [2.45, 2.75) is 6.42 Å². The molecule has 154 valence electrons. The maximum atomic E-state index is 14.3. The Kier molecular flexibility index (Phi) is 5.84. The molecule has 0 atom stereocenters. The fourth-order valence-electron chi connectivity index (χ4n) is 4.29. The number of rotatable bonds is 4. The van der Waals surface area contributed by atoms with E-state index in [2.05, 4.69) is 57.3 Å². The Balaban J connectivity index is 0.00000218. The van der Waals surface area contributed by atoms with E-state index in [-0.39, 0.29) is 24.1 Å². The van der Waals surface area contributed by atoms with Crippen LogP contribution in [0.4, 0.5) is 10.1 Å². The Labute approximate surface area is 180 Å². The smallest absolute Gasteiger partial charge is 0.270 e. The van der Waals surface area contributed by atoms with E-state index in [1.54, 1.807) is 6.07 Å². The Bertz CT molecular complexity index is 1210. The molecule has 5 rings (SSSR count). The lowest BCUT2D eigenvalue weighted by Crippen LogP contribution is -2.47. The monoisotopic (exact) mass is 423 g/mol. The summed E-state index contributed by atoms with van der Waals surface area (Å²) < 4.78 is 14.3. The lowest BCUT2D eigenvalue weighted by Gasteiger charge is -2.36. The molecule has 0 spiro atoms. The lowest BCUT2D eigenvalue weighted by molar-refractivity contribution is -0.112. The van der Waals surface area contributed by atoms with Crippen LogP contribution in [0.3, 0.4) is 0 Å². The first kappa shape index (κ1) is 20.5. The quantitative estimate of drug-likeness (QED) is 0.647. The molecule has 0 unspecified atom stereocenters. The number of hydrogen-bond acceptors (Lipinski definition) is 3. The highest BCUT2D eigenvalue weighted by atomic mass is 35.5. The first-order valence-electron chi connectivity index (χ1n) is 10.1. The average Bonchev–Trinajstić information content (AvgIpc) is 3.10. The number of nitrogens with zero attached hydrogens (tertiary/aromatic N) is 3. The van der Waals surface area contributed by atoms with Gasteiger partial charge in [-0.3, -0.25) is 9.69 Å². The third-order valence-electron chi connectivity index (χ3n) is 5.88. The Morgan fingerprint density at radius 2 is 1.73 bits per heavy atom. The van der Waals surface area contributed by atoms with E-state index in [0.717, 1.165) is 37.9 Å². The van der Waals surface area contributed by atoms with E-state index >= 15 is 0 Å². The van der Waals surface area contributed by atoms with E-state index in [1.807, 2.05) is 0 Å². The molecule has 6 heteroatoms. The van der Waals surface area contributed by atoms with E-state index < -0.39 is 0 Å². The van der Waals surface area contributed by atoms with Crippen molar-refractivity contribution in [1.29, 1.82) is 0 Å². The van der Waals surface area contributed by atoms with Crippen molar-refractivity contribution >= 4 is 40.9 Å². The number of halogens is 2. The number of benzene rings is 3. The summed E-state index contributed by atoms with van der Waals surface area (Å²) in [5.41, 5.74) is 1.94. The van der Waals surface area contributed by atoms with Crippen molar-refractivity contribution < 1.29 is 9.18 Å². The molecular formula is C24H23ClFN3O. The van der Waals surface area contributed by atoms with Crippen LogP contribution in [-0.2, 0) is 11.2 Å². The summed E-state index contributed by atoms with van der Waals surface area (Å²) in [4.78, 5) is 20.0. The third kappa shape index (κ3) is 3.95. The normalized spacial score (nSPS) is 16.0. The number of carbonyl (C=O) groups is 1. The zero-order valence-corrected chi connectivity index (χ0v) is 17.4. The van der Waals surface area contributed by atoms with Gasteiger partial charge >= 0.3 is 0 Å².